The second kappa shape index (κ2) is 10.8. The molecule has 4 atom stereocenters. The molecule has 1 aliphatic carbocycles. The summed E-state index contributed by atoms with van der Waals surface area (Å²) in [5, 5.41) is 12.1. The average Bonchev–Trinajstić information content (AvgIpc) is 3.82. The van der Waals surface area contributed by atoms with Gasteiger partial charge in [0.05, 0.1) is 22.8 Å². The maximum absolute atomic E-state index is 17.0. The molecule has 2 aromatic carbocycles. The van der Waals surface area contributed by atoms with Crippen molar-refractivity contribution in [1.82, 2.24) is 19.9 Å². The van der Waals surface area contributed by atoms with E-state index in [2.05, 4.69) is 19.8 Å². The molecule has 1 saturated carbocycles. The number of nitrogens with zero attached hydrogens (tertiary/aromatic N) is 5. The summed E-state index contributed by atoms with van der Waals surface area (Å²) < 4.78 is 64.9. The first-order chi connectivity index (χ1) is 23.3. The molecule has 2 aromatic heterocycles. The maximum atomic E-state index is 17.0. The highest BCUT2D eigenvalue weighted by molar-refractivity contribution is 6.01. The van der Waals surface area contributed by atoms with Gasteiger partial charge >= 0.3 is 6.01 Å². The van der Waals surface area contributed by atoms with Gasteiger partial charge in [-0.05, 0) is 73.2 Å². The highest BCUT2D eigenvalue weighted by atomic mass is 19.1. The van der Waals surface area contributed by atoms with E-state index in [1.54, 1.807) is 24.8 Å². The van der Waals surface area contributed by atoms with Crippen LogP contribution in [0.15, 0.2) is 43.0 Å². The van der Waals surface area contributed by atoms with Crippen molar-refractivity contribution in [2.24, 2.45) is 11.8 Å². The molecule has 9 rings (SSSR count). The number of ether oxygens (including phenoxy) is 3. The van der Waals surface area contributed by atoms with Crippen molar-refractivity contribution >= 4 is 27.5 Å². The molecule has 0 amide bonds. The molecule has 2 bridgehead atoms. The fraction of sp³-hybridized carbons (Fsp3) is 0.472. The van der Waals surface area contributed by atoms with E-state index in [9.17, 15) is 9.50 Å². The minimum absolute atomic E-state index is 0.000749. The van der Waals surface area contributed by atoms with Crippen molar-refractivity contribution in [2.75, 3.05) is 37.7 Å². The molecule has 1 N–H and O–H groups in total. The monoisotopic (exact) mass is 659 g/mol. The SMILES string of the molecule is CCc1c(F)ccc2cc(O)cc(-c3ncc4c(N5CC6CCC(C5)C65OC=CO5)nc(OC[C@@]56CCCN5C[C@H](F)C6)nc4c3F)c12. The van der Waals surface area contributed by atoms with Crippen LogP contribution in [0.5, 0.6) is 11.8 Å². The lowest BCUT2D eigenvalue weighted by Gasteiger charge is -2.43. The molecule has 9 nitrogen and oxygen atoms in total. The Kier molecular flexibility index (Phi) is 6.73. The van der Waals surface area contributed by atoms with Gasteiger partial charge in [0.2, 0.25) is 0 Å². The zero-order valence-corrected chi connectivity index (χ0v) is 26.6. The Bertz CT molecular complexity index is 1970. The molecule has 1 spiro atoms. The topological polar surface area (TPSA) is 93.1 Å². The first kappa shape index (κ1) is 29.8. The first-order valence-corrected chi connectivity index (χ1v) is 16.9. The molecule has 2 unspecified atom stereocenters. The van der Waals surface area contributed by atoms with Crippen LogP contribution in [0.4, 0.5) is 19.0 Å². The fourth-order valence-corrected chi connectivity index (χ4v) is 9.23. The lowest BCUT2D eigenvalue weighted by Crippen LogP contribution is -2.54. The number of alkyl halides is 1. The van der Waals surface area contributed by atoms with Crippen LogP contribution in [0, 0.1) is 23.5 Å². The van der Waals surface area contributed by atoms with Crippen LogP contribution < -0.4 is 9.64 Å². The number of aromatic hydroxyl groups is 1. The smallest absolute Gasteiger partial charge is 0.319 e. The first-order valence-electron chi connectivity index (χ1n) is 16.9. The molecular formula is C36H36F3N5O4. The molecule has 5 aliphatic rings. The Labute approximate surface area is 275 Å². The molecular weight excluding hydrogens is 623 g/mol. The van der Waals surface area contributed by atoms with E-state index in [4.69, 9.17) is 19.2 Å². The summed E-state index contributed by atoms with van der Waals surface area (Å²) in [6.07, 6.45) is 8.16. The number of aromatic nitrogens is 3. The molecule has 6 heterocycles. The minimum Gasteiger partial charge on any atom is -0.508 e. The van der Waals surface area contributed by atoms with Gasteiger partial charge in [-0.15, -0.1) is 0 Å². The third-order valence-electron chi connectivity index (χ3n) is 11.4. The standard InChI is InChI=1S/C36H36F3N5O4/c1-2-25-28(38)7-4-20-12-24(45)13-26(29(20)25)31-30(39)32-27(15-40-31)33(43-16-21-5-6-22(17-43)36(21)47-10-11-48-36)42-34(41-32)46-19-35-8-3-9-44(35)18-23(37)14-35/h4,7,10-13,15,21-23,45H,2-3,5-6,8-9,14,16-19H2,1H3/t21?,22?,23-,35+/m1/s1. The lowest BCUT2D eigenvalue weighted by molar-refractivity contribution is -0.200. The molecule has 4 fully saturated rings. The van der Waals surface area contributed by atoms with E-state index in [0.717, 1.165) is 32.2 Å². The third-order valence-corrected chi connectivity index (χ3v) is 11.4. The van der Waals surface area contributed by atoms with Gasteiger partial charge in [-0.2, -0.15) is 9.97 Å². The van der Waals surface area contributed by atoms with Gasteiger partial charge < -0.3 is 24.2 Å². The Morgan fingerprint density at radius 2 is 1.85 bits per heavy atom. The number of benzene rings is 2. The number of aryl methyl sites for hydroxylation is 1. The van der Waals surface area contributed by atoms with Crippen LogP contribution in [0.25, 0.3) is 32.9 Å². The van der Waals surface area contributed by atoms with E-state index < -0.39 is 29.1 Å². The van der Waals surface area contributed by atoms with Gasteiger partial charge in [0.1, 0.15) is 53.9 Å². The summed E-state index contributed by atoms with van der Waals surface area (Å²) in [5.41, 5.74) is 0.172. The predicted molar refractivity (Wildman–Crippen MR) is 172 cm³/mol. The highest BCUT2D eigenvalue weighted by Crippen LogP contribution is 2.51. The van der Waals surface area contributed by atoms with Crippen molar-refractivity contribution in [3.05, 3.63) is 60.2 Å². The number of anilines is 1. The van der Waals surface area contributed by atoms with Crippen LogP contribution in [0.2, 0.25) is 0 Å². The van der Waals surface area contributed by atoms with E-state index in [1.165, 1.54) is 18.2 Å². The normalized spacial score (nSPS) is 27.2. The third kappa shape index (κ3) is 4.37. The summed E-state index contributed by atoms with van der Waals surface area (Å²) in [4.78, 5) is 18.3. The largest absolute Gasteiger partial charge is 0.508 e. The van der Waals surface area contributed by atoms with Crippen molar-refractivity contribution in [3.63, 3.8) is 0 Å². The predicted octanol–water partition coefficient (Wildman–Crippen LogP) is 6.41. The molecule has 3 saturated heterocycles. The molecule has 0 radical (unpaired) electrons. The van der Waals surface area contributed by atoms with E-state index in [1.807, 2.05) is 6.92 Å². The Balaban J connectivity index is 1.17. The highest BCUT2D eigenvalue weighted by Gasteiger charge is 2.59. The van der Waals surface area contributed by atoms with Gasteiger partial charge in [-0.25, -0.2) is 13.2 Å². The number of piperidine rings is 1. The average molecular weight is 660 g/mol. The van der Waals surface area contributed by atoms with Gasteiger partial charge in [0.25, 0.3) is 5.79 Å². The van der Waals surface area contributed by atoms with Gasteiger partial charge in [-0.1, -0.05) is 13.0 Å². The lowest BCUT2D eigenvalue weighted by atomic mass is 9.90. The Morgan fingerprint density at radius 3 is 2.62 bits per heavy atom. The summed E-state index contributed by atoms with van der Waals surface area (Å²) in [6.45, 7) is 4.33. The molecule has 12 heteroatoms. The van der Waals surface area contributed by atoms with Crippen LogP contribution in [-0.2, 0) is 15.9 Å². The van der Waals surface area contributed by atoms with Gasteiger partial charge in [0, 0.05) is 37.8 Å². The zero-order valence-electron chi connectivity index (χ0n) is 26.6. The minimum atomic E-state index is -0.923. The molecule has 4 aliphatic heterocycles. The number of rotatable bonds is 6. The van der Waals surface area contributed by atoms with Gasteiger partial charge in [-0.3, -0.25) is 9.88 Å². The van der Waals surface area contributed by atoms with Gasteiger partial charge in [0.15, 0.2) is 5.82 Å². The van der Waals surface area contributed by atoms with Crippen LogP contribution >= 0.6 is 0 Å². The summed E-state index contributed by atoms with van der Waals surface area (Å²) in [6, 6.07) is 5.87. The summed E-state index contributed by atoms with van der Waals surface area (Å²) >= 11 is 0. The number of hydrogen-bond donors (Lipinski definition) is 1. The molecule has 48 heavy (non-hydrogen) atoms. The quantitative estimate of drug-likeness (QED) is 0.252. The number of phenols is 1. The number of halogens is 3. The number of hydrogen-bond acceptors (Lipinski definition) is 9. The Hall–Kier alpha value is -4.32. The van der Waals surface area contributed by atoms with Crippen molar-refractivity contribution < 1.29 is 32.5 Å². The molecule has 250 valence electrons. The number of phenolic OH excluding ortho intramolecular Hbond substituents is 1. The second-order valence-corrected chi connectivity index (χ2v) is 14.0. The van der Waals surface area contributed by atoms with E-state index >= 15 is 8.78 Å². The second-order valence-electron chi connectivity index (χ2n) is 14.0. The van der Waals surface area contributed by atoms with Crippen LogP contribution in [0.3, 0.4) is 0 Å². The summed E-state index contributed by atoms with van der Waals surface area (Å²) in [5.74, 6) is -1.33. The maximum Gasteiger partial charge on any atom is 0.319 e. The van der Waals surface area contributed by atoms with Crippen molar-refractivity contribution in [1.29, 1.82) is 0 Å². The van der Waals surface area contributed by atoms with Crippen LogP contribution in [0.1, 0.15) is 44.6 Å². The van der Waals surface area contributed by atoms with Crippen LogP contribution in [-0.4, -0.2) is 75.2 Å². The van der Waals surface area contributed by atoms with Crippen molar-refractivity contribution in [3.8, 4) is 23.0 Å². The number of fused-ring (bicyclic) bond motifs is 3. The van der Waals surface area contributed by atoms with E-state index in [0.29, 0.717) is 60.0 Å². The Morgan fingerprint density at radius 1 is 1.06 bits per heavy atom. The fourth-order valence-electron chi connectivity index (χ4n) is 9.23. The van der Waals surface area contributed by atoms with Crippen molar-refractivity contribution in [2.45, 2.75) is 62.9 Å². The summed E-state index contributed by atoms with van der Waals surface area (Å²) in [7, 11) is 0. The zero-order chi connectivity index (χ0) is 32.8. The molecule has 4 aromatic rings. The van der Waals surface area contributed by atoms with E-state index in [-0.39, 0.29) is 47.0 Å². The number of pyridine rings is 1.